The van der Waals surface area contributed by atoms with Gasteiger partial charge in [0.25, 0.3) is 0 Å². The number of nitrogens with zero attached hydrogens (tertiary/aromatic N) is 6. The highest BCUT2D eigenvalue weighted by molar-refractivity contribution is 5.67. The Labute approximate surface area is 147 Å². The number of hydrogen-bond acceptors (Lipinski definition) is 6. The van der Waals surface area contributed by atoms with E-state index in [-0.39, 0.29) is 0 Å². The van der Waals surface area contributed by atoms with Gasteiger partial charge in [-0.2, -0.15) is 4.98 Å². The molecule has 130 valence electrons. The summed E-state index contributed by atoms with van der Waals surface area (Å²) in [7, 11) is 2.05. The maximum atomic E-state index is 4.68. The second kappa shape index (κ2) is 6.40. The van der Waals surface area contributed by atoms with Crippen LogP contribution in [-0.2, 0) is 0 Å². The Hall–Kier alpha value is -2.54. The van der Waals surface area contributed by atoms with Gasteiger partial charge in [0.1, 0.15) is 6.33 Å². The van der Waals surface area contributed by atoms with E-state index in [1.165, 1.54) is 6.42 Å². The molecule has 0 bridgehead atoms. The van der Waals surface area contributed by atoms with Gasteiger partial charge in [-0.3, -0.25) is 4.98 Å². The first-order chi connectivity index (χ1) is 12.1. The van der Waals surface area contributed by atoms with Crippen molar-refractivity contribution in [3.8, 4) is 11.4 Å². The van der Waals surface area contributed by atoms with E-state index in [0.29, 0.717) is 11.7 Å². The molecular weight excluding hydrogens is 314 g/mol. The molecule has 7 nitrogen and oxygen atoms in total. The second-order valence-electron chi connectivity index (χ2n) is 6.84. The van der Waals surface area contributed by atoms with Crippen molar-refractivity contribution in [2.75, 3.05) is 31.6 Å². The number of nitrogens with one attached hydrogen (secondary N) is 1. The molecule has 1 saturated heterocycles. The van der Waals surface area contributed by atoms with E-state index in [0.717, 1.165) is 48.1 Å². The molecule has 25 heavy (non-hydrogen) atoms. The van der Waals surface area contributed by atoms with Gasteiger partial charge in [-0.15, -0.1) is 0 Å². The summed E-state index contributed by atoms with van der Waals surface area (Å²) in [5, 5.41) is 3.40. The molecule has 1 fully saturated rings. The third kappa shape index (κ3) is 3.19. The topological polar surface area (TPSA) is 71.2 Å². The lowest BCUT2D eigenvalue weighted by molar-refractivity contribution is 0.572. The number of aromatic nitrogens is 5. The van der Waals surface area contributed by atoms with Crippen LogP contribution in [0.5, 0.6) is 0 Å². The highest BCUT2D eigenvalue weighted by atomic mass is 15.3. The molecule has 1 unspecified atom stereocenters. The van der Waals surface area contributed by atoms with Crippen LogP contribution in [0.2, 0.25) is 0 Å². The summed E-state index contributed by atoms with van der Waals surface area (Å²) in [6.45, 7) is 7.15. The zero-order valence-electron chi connectivity index (χ0n) is 14.9. The molecule has 0 aromatic carbocycles. The van der Waals surface area contributed by atoms with Crippen molar-refractivity contribution in [2.45, 2.75) is 20.3 Å². The molecule has 0 spiro atoms. The lowest BCUT2D eigenvalue weighted by atomic mass is 10.1. The minimum atomic E-state index is 0.652. The van der Waals surface area contributed by atoms with E-state index in [1.807, 2.05) is 27.1 Å². The summed E-state index contributed by atoms with van der Waals surface area (Å²) >= 11 is 0. The van der Waals surface area contributed by atoms with Crippen molar-refractivity contribution >= 4 is 11.5 Å². The first-order valence-electron chi connectivity index (χ1n) is 8.67. The van der Waals surface area contributed by atoms with Crippen molar-refractivity contribution < 1.29 is 0 Å². The maximum absolute atomic E-state index is 4.68. The fourth-order valence-electron chi connectivity index (χ4n) is 3.50. The molecule has 3 aromatic rings. The largest absolute Gasteiger partial charge is 0.343 e. The Morgan fingerprint density at radius 2 is 2.12 bits per heavy atom. The first-order valence-corrected chi connectivity index (χ1v) is 8.67. The van der Waals surface area contributed by atoms with Crippen molar-refractivity contribution in [2.24, 2.45) is 5.92 Å². The van der Waals surface area contributed by atoms with E-state index in [2.05, 4.69) is 46.8 Å². The van der Waals surface area contributed by atoms with Crippen molar-refractivity contribution in [1.82, 2.24) is 29.7 Å². The zero-order valence-corrected chi connectivity index (χ0v) is 14.9. The van der Waals surface area contributed by atoms with Gasteiger partial charge in [-0.25, -0.2) is 9.97 Å². The number of rotatable bonds is 4. The number of aryl methyl sites for hydroxylation is 2. The summed E-state index contributed by atoms with van der Waals surface area (Å²) in [6.07, 6.45) is 6.88. The predicted molar refractivity (Wildman–Crippen MR) is 97.7 cm³/mol. The summed E-state index contributed by atoms with van der Waals surface area (Å²) in [6, 6.07) is 2.09. The lowest BCUT2D eigenvalue weighted by Gasteiger charge is -2.20. The molecule has 1 atom stereocenters. The molecule has 3 aromatic heterocycles. The molecule has 7 heteroatoms. The van der Waals surface area contributed by atoms with Crippen LogP contribution in [0.15, 0.2) is 24.8 Å². The smallest absolute Gasteiger partial charge is 0.228 e. The minimum absolute atomic E-state index is 0.652. The average Bonchev–Trinajstić information content (AvgIpc) is 3.24. The van der Waals surface area contributed by atoms with Gasteiger partial charge in [0.05, 0.1) is 16.9 Å². The van der Waals surface area contributed by atoms with Gasteiger partial charge in [0, 0.05) is 31.5 Å². The van der Waals surface area contributed by atoms with Gasteiger partial charge >= 0.3 is 0 Å². The Morgan fingerprint density at radius 3 is 2.92 bits per heavy atom. The van der Waals surface area contributed by atoms with Crippen LogP contribution in [0.25, 0.3) is 16.9 Å². The normalized spacial score (nSPS) is 17.3. The molecule has 0 radical (unpaired) electrons. The van der Waals surface area contributed by atoms with Gasteiger partial charge in [-0.05, 0) is 45.3 Å². The Morgan fingerprint density at radius 1 is 1.24 bits per heavy atom. The molecule has 1 aliphatic heterocycles. The van der Waals surface area contributed by atoms with Gasteiger partial charge in [-0.1, -0.05) is 0 Å². The number of anilines is 1. The van der Waals surface area contributed by atoms with E-state index >= 15 is 0 Å². The van der Waals surface area contributed by atoms with Crippen molar-refractivity contribution in [3.05, 3.63) is 36.2 Å². The maximum Gasteiger partial charge on any atom is 0.228 e. The van der Waals surface area contributed by atoms with Gasteiger partial charge < -0.3 is 14.6 Å². The van der Waals surface area contributed by atoms with E-state index in [4.69, 9.17) is 0 Å². The number of fused-ring (bicyclic) bond motifs is 1. The van der Waals surface area contributed by atoms with Crippen LogP contribution >= 0.6 is 0 Å². The van der Waals surface area contributed by atoms with Crippen molar-refractivity contribution in [1.29, 1.82) is 0 Å². The predicted octanol–water partition coefficient (Wildman–Crippen LogP) is 1.85. The van der Waals surface area contributed by atoms with Crippen LogP contribution < -0.4 is 10.2 Å². The zero-order chi connectivity index (χ0) is 17.4. The van der Waals surface area contributed by atoms with E-state index < -0.39 is 0 Å². The first kappa shape index (κ1) is 16.0. The van der Waals surface area contributed by atoms with E-state index in [1.54, 1.807) is 6.33 Å². The molecule has 4 rings (SSSR count). The van der Waals surface area contributed by atoms with Gasteiger partial charge in [0.15, 0.2) is 5.82 Å². The van der Waals surface area contributed by atoms with Crippen LogP contribution in [0.4, 0.5) is 5.95 Å². The van der Waals surface area contributed by atoms with Crippen LogP contribution in [0.1, 0.15) is 17.8 Å². The fourth-order valence-corrected chi connectivity index (χ4v) is 3.50. The number of hydrogen-bond donors (Lipinski definition) is 1. The fraction of sp³-hybridized carbons (Fsp3) is 0.444. The Bertz CT molecular complexity index is 896. The van der Waals surface area contributed by atoms with Gasteiger partial charge in [0.2, 0.25) is 5.95 Å². The molecule has 0 aliphatic carbocycles. The Kier molecular flexibility index (Phi) is 4.09. The molecule has 0 amide bonds. The minimum Gasteiger partial charge on any atom is -0.343 e. The van der Waals surface area contributed by atoms with Crippen LogP contribution in [-0.4, -0.2) is 51.0 Å². The van der Waals surface area contributed by atoms with E-state index in [9.17, 15) is 0 Å². The lowest BCUT2D eigenvalue weighted by Crippen LogP contribution is -2.28. The van der Waals surface area contributed by atoms with Crippen molar-refractivity contribution in [3.63, 3.8) is 0 Å². The highest BCUT2D eigenvalue weighted by Gasteiger charge is 2.18. The van der Waals surface area contributed by atoms with Crippen LogP contribution in [0.3, 0.4) is 0 Å². The summed E-state index contributed by atoms with van der Waals surface area (Å²) < 4.78 is 2.09. The monoisotopic (exact) mass is 337 g/mol. The Balaban J connectivity index is 1.63. The third-order valence-corrected chi connectivity index (χ3v) is 4.74. The average molecular weight is 337 g/mol. The molecular formula is C18H23N7. The summed E-state index contributed by atoms with van der Waals surface area (Å²) in [4.78, 5) is 20.1. The molecule has 0 saturated carbocycles. The SMILES string of the molecule is Cc1cn2cc(-c3ncnc(N(C)CC4CCNC4)n3)cc2c(C)n1. The van der Waals surface area contributed by atoms with Crippen LogP contribution in [0, 0.1) is 19.8 Å². The molecule has 1 aliphatic rings. The highest BCUT2D eigenvalue weighted by Crippen LogP contribution is 2.22. The second-order valence-corrected chi connectivity index (χ2v) is 6.84. The third-order valence-electron chi connectivity index (χ3n) is 4.74. The quantitative estimate of drug-likeness (QED) is 0.783. The summed E-state index contributed by atoms with van der Waals surface area (Å²) in [5.74, 6) is 2.07. The summed E-state index contributed by atoms with van der Waals surface area (Å²) in [5.41, 5.74) is 4.06. The standard InChI is InChI=1S/C18H23N7/c1-12-8-25-10-15(6-16(25)13(2)22-12)17-20-11-21-18(23-17)24(3)9-14-4-5-19-7-14/h6,8,10-11,14,19H,4-5,7,9H2,1-3H3. The molecule has 4 heterocycles. The molecule has 1 N–H and O–H groups in total.